The van der Waals surface area contributed by atoms with Crippen molar-refractivity contribution in [1.82, 2.24) is 4.72 Å². The van der Waals surface area contributed by atoms with Crippen molar-refractivity contribution in [3.63, 3.8) is 0 Å². The van der Waals surface area contributed by atoms with Gasteiger partial charge in [-0.3, -0.25) is 4.79 Å². The predicted molar refractivity (Wildman–Crippen MR) is 126 cm³/mol. The lowest BCUT2D eigenvalue weighted by molar-refractivity contribution is -0.138. The van der Waals surface area contributed by atoms with Gasteiger partial charge in [0.25, 0.3) is 0 Å². The van der Waals surface area contributed by atoms with E-state index in [0.29, 0.717) is 24.3 Å². The van der Waals surface area contributed by atoms with E-state index >= 15 is 0 Å². The van der Waals surface area contributed by atoms with Crippen LogP contribution in [0, 0.1) is 0 Å². The molecular formula is C17H19BrCl2N4O6S2. The number of benzene rings is 1. The summed E-state index contributed by atoms with van der Waals surface area (Å²) >= 11 is 15.8. The first-order valence-electron chi connectivity index (χ1n) is 8.82. The summed E-state index contributed by atoms with van der Waals surface area (Å²) in [5.74, 6) is -0.965. The number of oxime groups is 1. The molecule has 10 nitrogen and oxygen atoms in total. The average Bonchev–Trinajstić information content (AvgIpc) is 2.97. The van der Waals surface area contributed by atoms with Crippen LogP contribution in [0.1, 0.15) is 12.0 Å². The van der Waals surface area contributed by atoms with Crippen molar-refractivity contribution in [1.29, 1.82) is 0 Å². The largest absolute Gasteiger partial charge is 0.493 e. The molecule has 1 atom stereocenters. The van der Waals surface area contributed by atoms with E-state index in [0.717, 1.165) is 11.3 Å². The third-order valence-corrected chi connectivity index (χ3v) is 8.71. The Morgan fingerprint density at radius 2 is 1.88 bits per heavy atom. The van der Waals surface area contributed by atoms with Crippen molar-refractivity contribution in [2.45, 2.75) is 23.8 Å². The van der Waals surface area contributed by atoms with Crippen molar-refractivity contribution in [3.8, 4) is 5.75 Å². The Morgan fingerprint density at radius 1 is 1.22 bits per heavy atom. The number of nitrogens with two attached hydrogens (primary N) is 2. The number of hydrogen-bond acceptors (Lipinski definition) is 7. The fourth-order valence-corrected chi connectivity index (χ4v) is 7.13. The van der Waals surface area contributed by atoms with Crippen LogP contribution in [0.4, 0.5) is 0 Å². The standard InChI is InChI=1S/C17H19BrCl2N4O6S2/c18-12-13(15(20)31-14(12)19)32(27,28)24-11(16(25)26)8-9-2-4-10(5-3-9)29-6-1-7-30-23-17(21)22/h2-5,11,24H,1,6-8H2,(H,25,26)(H4,21,22,23). The molecule has 0 fully saturated rings. The predicted octanol–water partition coefficient (Wildman–Crippen LogP) is 2.77. The molecule has 1 aromatic carbocycles. The molecule has 0 bridgehead atoms. The first-order valence-corrected chi connectivity index (χ1v) is 12.7. The van der Waals surface area contributed by atoms with E-state index in [2.05, 4.69) is 25.8 Å². The van der Waals surface area contributed by atoms with Crippen LogP contribution in [0.5, 0.6) is 5.75 Å². The van der Waals surface area contributed by atoms with E-state index in [-0.39, 0.29) is 37.0 Å². The molecular weight excluding hydrogens is 571 g/mol. The zero-order chi connectivity index (χ0) is 23.9. The first kappa shape index (κ1) is 26.5. The van der Waals surface area contributed by atoms with Crippen LogP contribution in [0.15, 0.2) is 38.8 Å². The number of nitrogens with zero attached hydrogens (tertiary/aromatic N) is 1. The van der Waals surface area contributed by atoms with Gasteiger partial charge in [-0.2, -0.15) is 4.72 Å². The second kappa shape index (κ2) is 11.9. The summed E-state index contributed by atoms with van der Waals surface area (Å²) in [6, 6.07) is 5.14. The van der Waals surface area contributed by atoms with Crippen LogP contribution in [-0.2, 0) is 26.1 Å². The van der Waals surface area contributed by atoms with E-state index in [1.807, 2.05) is 0 Å². The molecule has 176 valence electrons. The number of ether oxygens (including phenoxy) is 1. The summed E-state index contributed by atoms with van der Waals surface area (Å²) in [4.78, 5) is 16.2. The number of guanidine groups is 1. The summed E-state index contributed by atoms with van der Waals surface area (Å²) < 4.78 is 33.2. The zero-order valence-electron chi connectivity index (χ0n) is 16.3. The van der Waals surface area contributed by atoms with E-state index in [4.69, 9.17) is 44.2 Å². The van der Waals surface area contributed by atoms with Gasteiger partial charge in [-0.05, 0) is 45.2 Å². The molecule has 1 aromatic heterocycles. The first-order chi connectivity index (χ1) is 15.0. The van der Waals surface area contributed by atoms with Crippen molar-refractivity contribution < 1.29 is 27.9 Å². The highest BCUT2D eigenvalue weighted by Crippen LogP contribution is 2.42. The molecule has 0 aliphatic carbocycles. The van der Waals surface area contributed by atoms with Crippen molar-refractivity contribution in [2.24, 2.45) is 16.6 Å². The minimum absolute atomic E-state index is 0.0796. The van der Waals surface area contributed by atoms with Crippen LogP contribution in [-0.4, -0.2) is 44.7 Å². The minimum Gasteiger partial charge on any atom is -0.493 e. The number of carboxylic acids is 1. The summed E-state index contributed by atoms with van der Waals surface area (Å²) in [5.41, 5.74) is 10.8. The Morgan fingerprint density at radius 3 is 2.41 bits per heavy atom. The lowest BCUT2D eigenvalue weighted by Crippen LogP contribution is -2.42. The number of thiophene rings is 1. The number of nitrogens with one attached hydrogen (secondary N) is 1. The maximum Gasteiger partial charge on any atom is 0.322 e. The topological polar surface area (TPSA) is 166 Å². The Balaban J connectivity index is 1.98. The average molecular weight is 590 g/mol. The van der Waals surface area contributed by atoms with Gasteiger partial charge in [-0.15, -0.1) is 11.3 Å². The number of hydrogen-bond donors (Lipinski definition) is 4. The highest BCUT2D eigenvalue weighted by Gasteiger charge is 2.31. The number of sulfonamides is 1. The lowest BCUT2D eigenvalue weighted by Gasteiger charge is -2.15. The fourth-order valence-electron chi connectivity index (χ4n) is 2.39. The Kier molecular flexibility index (Phi) is 9.85. The maximum absolute atomic E-state index is 12.7. The van der Waals surface area contributed by atoms with Crippen molar-refractivity contribution >= 4 is 72.4 Å². The molecule has 6 N–H and O–H groups in total. The number of carboxylic acid groups (broad SMARTS) is 1. The molecule has 0 amide bonds. The van der Waals surface area contributed by atoms with E-state index in [1.165, 1.54) is 0 Å². The highest BCUT2D eigenvalue weighted by atomic mass is 79.9. The van der Waals surface area contributed by atoms with Crippen LogP contribution in [0.25, 0.3) is 0 Å². The maximum atomic E-state index is 12.7. The normalized spacial score (nSPS) is 12.2. The van der Waals surface area contributed by atoms with Crippen molar-refractivity contribution in [2.75, 3.05) is 13.2 Å². The second-order valence-corrected chi connectivity index (χ2v) is 10.9. The molecule has 0 saturated heterocycles. The Hall–Kier alpha value is -1.77. The molecule has 1 unspecified atom stereocenters. The van der Waals surface area contributed by atoms with Crippen LogP contribution < -0.4 is 20.9 Å². The summed E-state index contributed by atoms with van der Waals surface area (Å²) in [7, 11) is -4.24. The smallest absolute Gasteiger partial charge is 0.322 e. The fraction of sp³-hybridized carbons (Fsp3) is 0.294. The summed E-state index contributed by atoms with van der Waals surface area (Å²) in [6.07, 6.45) is 0.431. The van der Waals surface area contributed by atoms with Gasteiger partial charge in [0.2, 0.25) is 16.0 Å². The molecule has 0 aliphatic rings. The van der Waals surface area contributed by atoms with Gasteiger partial charge in [0.15, 0.2) is 0 Å². The lowest BCUT2D eigenvalue weighted by atomic mass is 10.1. The molecule has 2 aromatic rings. The van der Waals surface area contributed by atoms with Crippen LogP contribution in [0.3, 0.4) is 0 Å². The van der Waals surface area contributed by atoms with E-state index < -0.39 is 22.0 Å². The number of rotatable bonds is 12. The van der Waals surface area contributed by atoms with Gasteiger partial charge in [0, 0.05) is 6.42 Å². The quantitative estimate of drug-likeness (QED) is 0.127. The van der Waals surface area contributed by atoms with Crippen LogP contribution >= 0.6 is 50.5 Å². The molecule has 15 heteroatoms. The summed E-state index contributed by atoms with van der Waals surface area (Å²) in [5, 5.41) is 12.9. The monoisotopic (exact) mass is 588 g/mol. The number of aliphatic carboxylic acids is 1. The SMILES string of the molecule is NC(N)=NOCCCOc1ccc(CC(NS(=O)(=O)c2c(Cl)sc(Cl)c2Br)C(=O)O)cc1. The van der Waals surface area contributed by atoms with Gasteiger partial charge in [-0.1, -0.05) is 35.3 Å². The van der Waals surface area contributed by atoms with Gasteiger partial charge in [-0.25, -0.2) is 8.42 Å². The molecule has 32 heavy (non-hydrogen) atoms. The number of carbonyl (C=O) groups is 1. The second-order valence-electron chi connectivity index (χ2n) is 6.20. The molecule has 1 heterocycles. The van der Waals surface area contributed by atoms with E-state index in [1.54, 1.807) is 24.3 Å². The third-order valence-electron chi connectivity index (χ3n) is 3.78. The molecule has 0 spiro atoms. The third kappa shape index (κ3) is 7.67. The Labute approximate surface area is 206 Å². The molecule has 0 saturated carbocycles. The van der Waals surface area contributed by atoms with Gasteiger partial charge < -0.3 is 26.1 Å². The zero-order valence-corrected chi connectivity index (χ0v) is 21.0. The van der Waals surface area contributed by atoms with Gasteiger partial charge in [0.05, 0.1) is 11.1 Å². The Bertz CT molecular complexity index is 1080. The van der Waals surface area contributed by atoms with Crippen molar-refractivity contribution in [3.05, 3.63) is 43.0 Å². The minimum atomic E-state index is -4.24. The molecule has 0 radical (unpaired) electrons. The van der Waals surface area contributed by atoms with Crippen LogP contribution in [0.2, 0.25) is 8.67 Å². The number of halogens is 3. The van der Waals surface area contributed by atoms with E-state index in [9.17, 15) is 18.3 Å². The molecule has 2 rings (SSSR count). The highest BCUT2D eigenvalue weighted by molar-refractivity contribution is 9.10. The summed E-state index contributed by atoms with van der Waals surface area (Å²) in [6.45, 7) is 0.613. The molecule has 0 aliphatic heterocycles. The van der Waals surface area contributed by atoms with Gasteiger partial charge >= 0.3 is 5.97 Å². The van der Waals surface area contributed by atoms with Gasteiger partial charge in [0.1, 0.15) is 32.0 Å².